The quantitative estimate of drug-likeness (QED) is 0.149. The third kappa shape index (κ3) is 6.84. The predicted octanol–water partition coefficient (Wildman–Crippen LogP) is 15.8. The zero-order chi connectivity index (χ0) is 46.2. The standard InChI is InChI=1S/C64H48BN3O/c1-64(2,3)50-38-61-63-62(39-50)68(52-26-14-7-15-27-52)60-40-54(31-33-56(60)65(63)57-35-48-41-69-42-49(48)37-59(57)67(61)51-24-12-6-13-25-51)66(53-30-28-44-20-16-17-23-46(44)34-53)58-36-47(43-18-8-4-9-19-43)29-32-55(58)45-21-10-5-11-22-45/h4-42H,1-3H3. The molecule has 11 aromatic rings. The first-order valence-electron chi connectivity index (χ1n) is 23.9. The summed E-state index contributed by atoms with van der Waals surface area (Å²) < 4.78 is 5.92. The number of rotatable bonds is 7. The zero-order valence-electron chi connectivity index (χ0n) is 38.8. The molecule has 0 saturated heterocycles. The molecule has 1 aromatic heterocycles. The highest BCUT2D eigenvalue weighted by molar-refractivity contribution is 7.00. The molecule has 69 heavy (non-hydrogen) atoms. The van der Waals surface area contributed by atoms with Gasteiger partial charge in [-0.3, -0.25) is 0 Å². The number of fused-ring (bicyclic) bond motifs is 6. The lowest BCUT2D eigenvalue weighted by atomic mass is 9.33. The summed E-state index contributed by atoms with van der Waals surface area (Å²) in [5.74, 6) is 0. The fourth-order valence-electron chi connectivity index (χ4n) is 10.9. The van der Waals surface area contributed by atoms with Crippen molar-refractivity contribution in [1.82, 2.24) is 0 Å². The van der Waals surface area contributed by atoms with Crippen LogP contribution in [0.1, 0.15) is 26.3 Å². The number of furan rings is 1. The van der Waals surface area contributed by atoms with Crippen LogP contribution in [0, 0.1) is 0 Å². The van der Waals surface area contributed by atoms with E-state index in [2.05, 4.69) is 260 Å². The minimum Gasteiger partial charge on any atom is -0.471 e. The van der Waals surface area contributed by atoms with Gasteiger partial charge in [-0.2, -0.15) is 0 Å². The summed E-state index contributed by atoms with van der Waals surface area (Å²) in [6.45, 7) is 6.91. The van der Waals surface area contributed by atoms with E-state index < -0.39 is 0 Å². The van der Waals surface area contributed by atoms with Crippen LogP contribution in [0.3, 0.4) is 0 Å². The van der Waals surface area contributed by atoms with Gasteiger partial charge in [0.2, 0.25) is 0 Å². The van der Waals surface area contributed by atoms with Crippen LogP contribution in [0.5, 0.6) is 0 Å². The molecule has 0 amide bonds. The summed E-state index contributed by atoms with van der Waals surface area (Å²) in [7, 11) is 0. The maximum atomic E-state index is 5.92. The molecule has 0 aliphatic carbocycles. The summed E-state index contributed by atoms with van der Waals surface area (Å²) in [5, 5.41) is 4.57. The van der Waals surface area contributed by atoms with E-state index in [9.17, 15) is 0 Å². The van der Waals surface area contributed by atoms with Crippen LogP contribution < -0.4 is 31.1 Å². The highest BCUT2D eigenvalue weighted by atomic mass is 16.3. The van der Waals surface area contributed by atoms with Crippen molar-refractivity contribution < 1.29 is 4.42 Å². The third-order valence-corrected chi connectivity index (χ3v) is 14.2. The Balaban J connectivity index is 1.12. The van der Waals surface area contributed by atoms with E-state index in [0.717, 1.165) is 67.3 Å². The molecular weight excluding hydrogens is 838 g/mol. The molecule has 0 unspecified atom stereocenters. The zero-order valence-corrected chi connectivity index (χ0v) is 38.8. The molecule has 0 atom stereocenters. The van der Waals surface area contributed by atoms with Crippen LogP contribution in [-0.2, 0) is 5.41 Å². The average Bonchev–Trinajstić information content (AvgIpc) is 3.86. The number of hydrogen-bond acceptors (Lipinski definition) is 4. The van der Waals surface area contributed by atoms with E-state index in [1.54, 1.807) is 0 Å². The van der Waals surface area contributed by atoms with Gasteiger partial charge in [-0.1, -0.05) is 172 Å². The Kier molecular flexibility index (Phi) is 9.48. The fourth-order valence-corrected chi connectivity index (χ4v) is 10.9. The SMILES string of the molecule is CC(C)(C)c1cc2c3c(c1)N(c1ccccc1)c1cc4cocc4cc1B3c1ccc(N(c3ccc4ccccc4c3)c3cc(-c4ccccc4)ccc3-c3ccccc3)cc1N2c1ccccc1. The number of anilines is 9. The van der Waals surface area contributed by atoms with Crippen molar-refractivity contribution in [3.8, 4) is 22.3 Å². The number of nitrogens with zero attached hydrogens (tertiary/aromatic N) is 3. The van der Waals surface area contributed by atoms with Crippen LogP contribution in [0.4, 0.5) is 51.2 Å². The molecule has 4 nitrogen and oxygen atoms in total. The average molecular weight is 886 g/mol. The second-order valence-corrected chi connectivity index (χ2v) is 19.4. The molecule has 10 aromatic carbocycles. The van der Waals surface area contributed by atoms with Crippen molar-refractivity contribution in [2.45, 2.75) is 26.2 Å². The van der Waals surface area contributed by atoms with E-state index in [1.165, 1.54) is 49.7 Å². The lowest BCUT2D eigenvalue weighted by molar-refractivity contribution is 0.572. The van der Waals surface area contributed by atoms with Crippen LogP contribution in [0.25, 0.3) is 43.8 Å². The Morgan fingerprint density at radius 3 is 1.61 bits per heavy atom. The minimum atomic E-state index is -0.146. The van der Waals surface area contributed by atoms with E-state index in [-0.39, 0.29) is 12.1 Å². The first-order valence-corrected chi connectivity index (χ1v) is 23.9. The first kappa shape index (κ1) is 40.7. The van der Waals surface area contributed by atoms with Gasteiger partial charge in [0.25, 0.3) is 6.71 Å². The van der Waals surface area contributed by atoms with Crippen molar-refractivity contribution in [3.05, 3.63) is 243 Å². The number of hydrogen-bond donors (Lipinski definition) is 0. The van der Waals surface area contributed by atoms with Gasteiger partial charge in [-0.05, 0) is 128 Å². The Morgan fingerprint density at radius 1 is 0.406 bits per heavy atom. The summed E-state index contributed by atoms with van der Waals surface area (Å²) in [4.78, 5) is 7.50. The summed E-state index contributed by atoms with van der Waals surface area (Å²) in [5.41, 5.74) is 19.7. The van der Waals surface area contributed by atoms with Crippen molar-refractivity contribution in [2.24, 2.45) is 0 Å². The van der Waals surface area contributed by atoms with Crippen LogP contribution in [0.15, 0.2) is 241 Å². The lowest BCUT2D eigenvalue weighted by Crippen LogP contribution is -2.61. The van der Waals surface area contributed by atoms with Crippen molar-refractivity contribution in [1.29, 1.82) is 0 Å². The van der Waals surface area contributed by atoms with Gasteiger partial charge in [0.1, 0.15) is 0 Å². The number of para-hydroxylation sites is 2. The van der Waals surface area contributed by atoms with Gasteiger partial charge < -0.3 is 19.1 Å². The van der Waals surface area contributed by atoms with Crippen molar-refractivity contribution >= 4 is 95.8 Å². The largest absolute Gasteiger partial charge is 0.471 e. The maximum Gasteiger partial charge on any atom is 0.252 e. The predicted molar refractivity (Wildman–Crippen MR) is 292 cm³/mol. The van der Waals surface area contributed by atoms with Gasteiger partial charge in [-0.15, -0.1) is 0 Å². The minimum absolute atomic E-state index is 0.0716. The Hall–Kier alpha value is -8.54. The summed E-state index contributed by atoms with van der Waals surface area (Å²) in [6, 6.07) is 82.7. The monoisotopic (exact) mass is 885 g/mol. The molecule has 0 saturated carbocycles. The summed E-state index contributed by atoms with van der Waals surface area (Å²) in [6.07, 6.45) is 3.77. The van der Waals surface area contributed by atoms with Gasteiger partial charge in [0.05, 0.1) is 18.2 Å². The molecule has 2 aliphatic rings. The Morgan fingerprint density at radius 2 is 0.957 bits per heavy atom. The second kappa shape index (κ2) is 16.1. The molecule has 328 valence electrons. The van der Waals surface area contributed by atoms with E-state index >= 15 is 0 Å². The topological polar surface area (TPSA) is 22.9 Å². The van der Waals surface area contributed by atoms with Gasteiger partial charge in [0, 0.05) is 61.8 Å². The van der Waals surface area contributed by atoms with Gasteiger partial charge in [-0.25, -0.2) is 0 Å². The number of benzene rings is 10. The third-order valence-electron chi connectivity index (χ3n) is 14.2. The first-order chi connectivity index (χ1) is 33.9. The summed E-state index contributed by atoms with van der Waals surface area (Å²) >= 11 is 0. The van der Waals surface area contributed by atoms with E-state index in [0.29, 0.717) is 0 Å². The van der Waals surface area contributed by atoms with Crippen molar-refractivity contribution in [3.63, 3.8) is 0 Å². The Labute approximate surface area is 404 Å². The highest BCUT2D eigenvalue weighted by Crippen LogP contribution is 2.49. The molecule has 0 bridgehead atoms. The smallest absolute Gasteiger partial charge is 0.252 e. The molecule has 2 aliphatic heterocycles. The van der Waals surface area contributed by atoms with E-state index in [4.69, 9.17) is 4.42 Å². The van der Waals surface area contributed by atoms with Crippen LogP contribution >= 0.6 is 0 Å². The molecule has 3 heterocycles. The molecule has 5 heteroatoms. The second-order valence-electron chi connectivity index (χ2n) is 19.4. The molecule has 0 radical (unpaired) electrons. The highest BCUT2D eigenvalue weighted by Gasteiger charge is 2.44. The Bertz CT molecular complexity index is 3730. The van der Waals surface area contributed by atoms with Gasteiger partial charge >= 0.3 is 0 Å². The fraction of sp³-hybridized carbons (Fsp3) is 0.0625. The molecular formula is C64H48BN3O. The van der Waals surface area contributed by atoms with Crippen LogP contribution in [-0.4, -0.2) is 6.71 Å². The molecule has 0 spiro atoms. The molecule has 0 N–H and O–H groups in total. The maximum absolute atomic E-state index is 5.92. The normalized spacial score (nSPS) is 12.8. The molecule has 0 fully saturated rings. The molecule has 13 rings (SSSR count). The van der Waals surface area contributed by atoms with E-state index in [1.807, 2.05) is 12.5 Å². The van der Waals surface area contributed by atoms with Crippen molar-refractivity contribution in [2.75, 3.05) is 14.7 Å². The lowest BCUT2D eigenvalue weighted by Gasteiger charge is -2.45. The van der Waals surface area contributed by atoms with Crippen LogP contribution in [0.2, 0.25) is 0 Å². The van der Waals surface area contributed by atoms with Gasteiger partial charge in [0.15, 0.2) is 0 Å².